The van der Waals surface area contributed by atoms with Gasteiger partial charge >= 0.3 is 5.97 Å². The number of methoxy groups -OCH3 is 1. The van der Waals surface area contributed by atoms with Gasteiger partial charge in [0.1, 0.15) is 15.6 Å². The van der Waals surface area contributed by atoms with E-state index in [1.807, 2.05) is 0 Å². The number of sulfonamides is 1. The monoisotopic (exact) mass is 514 g/mol. The highest BCUT2D eigenvalue weighted by atomic mass is 35.5. The van der Waals surface area contributed by atoms with Gasteiger partial charge in [0.2, 0.25) is 12.5 Å². The SMILES string of the molecule is COc1c(CC(=O)c2sccc2S(=O)(=O)Nc2onc(C)c2Cl)c(C(=O)O)cc2c1OCO2. The van der Waals surface area contributed by atoms with Crippen molar-refractivity contribution >= 4 is 50.6 Å². The quantitative estimate of drug-likeness (QED) is 0.427. The molecule has 3 aromatic rings. The number of Topliss-reactive ketones (excluding diaryl/α,β-unsaturated/α-hetero) is 1. The van der Waals surface area contributed by atoms with Gasteiger partial charge in [0.25, 0.3) is 15.9 Å². The predicted octanol–water partition coefficient (Wildman–Crippen LogP) is 3.36. The van der Waals surface area contributed by atoms with E-state index >= 15 is 0 Å². The van der Waals surface area contributed by atoms with Crippen LogP contribution in [0.2, 0.25) is 5.02 Å². The fourth-order valence-corrected chi connectivity index (χ4v) is 5.74. The molecule has 0 radical (unpaired) electrons. The number of nitrogens with zero attached hydrogens (tertiary/aromatic N) is 1. The van der Waals surface area contributed by atoms with Gasteiger partial charge < -0.3 is 23.8 Å². The molecule has 0 spiro atoms. The molecule has 14 heteroatoms. The molecule has 0 unspecified atom stereocenters. The lowest BCUT2D eigenvalue weighted by Crippen LogP contribution is -2.17. The van der Waals surface area contributed by atoms with Crippen molar-refractivity contribution < 1.29 is 41.8 Å². The average molecular weight is 515 g/mol. The molecule has 174 valence electrons. The number of fused-ring (bicyclic) bond motifs is 1. The predicted molar refractivity (Wildman–Crippen MR) is 115 cm³/mol. The number of thiophene rings is 1. The van der Waals surface area contributed by atoms with E-state index in [1.54, 1.807) is 0 Å². The summed E-state index contributed by atoms with van der Waals surface area (Å²) in [5.74, 6) is -1.89. The van der Waals surface area contributed by atoms with E-state index in [9.17, 15) is 23.1 Å². The van der Waals surface area contributed by atoms with E-state index in [2.05, 4.69) is 9.88 Å². The zero-order valence-electron chi connectivity index (χ0n) is 17.0. The summed E-state index contributed by atoms with van der Waals surface area (Å²) in [7, 11) is -2.97. The van der Waals surface area contributed by atoms with Crippen LogP contribution in [-0.2, 0) is 16.4 Å². The molecule has 0 aliphatic carbocycles. The van der Waals surface area contributed by atoms with Crippen molar-refractivity contribution in [3.63, 3.8) is 0 Å². The number of ketones is 1. The molecule has 0 bridgehead atoms. The average Bonchev–Trinajstić information content (AvgIpc) is 3.50. The summed E-state index contributed by atoms with van der Waals surface area (Å²) in [6.07, 6.45) is -0.466. The smallest absolute Gasteiger partial charge is 0.336 e. The zero-order chi connectivity index (χ0) is 23.9. The number of carboxylic acid groups (broad SMARTS) is 1. The number of aromatic carboxylic acids is 1. The van der Waals surface area contributed by atoms with Crippen LogP contribution >= 0.6 is 22.9 Å². The Balaban J connectivity index is 1.70. The number of benzene rings is 1. The van der Waals surface area contributed by atoms with Crippen molar-refractivity contribution in [3.8, 4) is 17.2 Å². The highest BCUT2D eigenvalue weighted by Crippen LogP contribution is 2.45. The summed E-state index contributed by atoms with van der Waals surface area (Å²) in [6, 6.07) is 2.48. The Labute approximate surface area is 195 Å². The molecule has 0 atom stereocenters. The second-order valence-electron chi connectivity index (χ2n) is 6.71. The normalized spacial score (nSPS) is 12.6. The molecule has 1 aliphatic rings. The van der Waals surface area contributed by atoms with Crippen molar-refractivity contribution in [2.75, 3.05) is 18.6 Å². The van der Waals surface area contributed by atoms with Gasteiger partial charge in [-0.15, -0.1) is 11.3 Å². The molecule has 0 saturated carbocycles. The molecule has 2 aromatic heterocycles. The van der Waals surface area contributed by atoms with Crippen LogP contribution in [0, 0.1) is 6.92 Å². The van der Waals surface area contributed by atoms with E-state index in [0.717, 1.165) is 11.3 Å². The Bertz CT molecular complexity index is 1380. The number of rotatable bonds is 8. The van der Waals surface area contributed by atoms with Crippen LogP contribution in [-0.4, -0.2) is 44.3 Å². The summed E-state index contributed by atoms with van der Waals surface area (Å²) in [6.45, 7) is 1.40. The van der Waals surface area contributed by atoms with Gasteiger partial charge in [0, 0.05) is 12.0 Å². The van der Waals surface area contributed by atoms with Gasteiger partial charge in [-0.3, -0.25) is 4.79 Å². The van der Waals surface area contributed by atoms with Gasteiger partial charge in [-0.25, -0.2) is 17.9 Å². The topological polar surface area (TPSA) is 154 Å². The number of carboxylic acids is 1. The minimum Gasteiger partial charge on any atom is -0.492 e. The summed E-state index contributed by atoms with van der Waals surface area (Å²) >= 11 is 6.86. The maximum atomic E-state index is 13.1. The summed E-state index contributed by atoms with van der Waals surface area (Å²) in [4.78, 5) is 24.5. The summed E-state index contributed by atoms with van der Waals surface area (Å²) < 4.78 is 48.7. The number of hydrogen-bond donors (Lipinski definition) is 2. The Hall–Kier alpha value is -3.29. The second-order valence-corrected chi connectivity index (χ2v) is 9.65. The minimum atomic E-state index is -4.27. The third-order valence-electron chi connectivity index (χ3n) is 4.68. The van der Waals surface area contributed by atoms with Crippen molar-refractivity contribution in [1.82, 2.24) is 5.16 Å². The Kier molecular flexibility index (Phi) is 5.95. The number of halogens is 1. The number of aryl methyl sites for hydroxylation is 1. The van der Waals surface area contributed by atoms with Crippen LogP contribution in [0.4, 0.5) is 5.88 Å². The van der Waals surface area contributed by atoms with Crippen LogP contribution in [0.1, 0.15) is 31.3 Å². The van der Waals surface area contributed by atoms with Crippen molar-refractivity contribution in [2.45, 2.75) is 18.2 Å². The van der Waals surface area contributed by atoms with Gasteiger partial charge in [-0.2, -0.15) is 0 Å². The van der Waals surface area contributed by atoms with Gasteiger partial charge in [-0.05, 0) is 24.4 Å². The van der Waals surface area contributed by atoms with Crippen LogP contribution in [0.3, 0.4) is 0 Å². The maximum absolute atomic E-state index is 13.1. The molecule has 1 aromatic carbocycles. The minimum absolute atomic E-state index is 0.0159. The third-order valence-corrected chi connectivity index (χ3v) is 7.59. The second kappa shape index (κ2) is 8.57. The number of carbonyl (C=O) groups is 2. The first-order valence-corrected chi connectivity index (χ1v) is 11.9. The molecule has 1 aliphatic heterocycles. The number of anilines is 1. The molecule has 3 heterocycles. The van der Waals surface area contributed by atoms with Crippen molar-refractivity contribution in [3.05, 3.63) is 44.2 Å². The van der Waals surface area contributed by atoms with Crippen LogP contribution in [0.25, 0.3) is 0 Å². The molecule has 11 nitrogen and oxygen atoms in total. The molecular weight excluding hydrogens is 500 g/mol. The fourth-order valence-electron chi connectivity index (χ4n) is 3.19. The fraction of sp³-hybridized carbons (Fsp3) is 0.211. The van der Waals surface area contributed by atoms with E-state index < -0.39 is 28.2 Å². The third kappa shape index (κ3) is 4.10. The Morgan fingerprint density at radius 1 is 1.36 bits per heavy atom. The zero-order valence-corrected chi connectivity index (χ0v) is 19.4. The van der Waals surface area contributed by atoms with Crippen molar-refractivity contribution in [1.29, 1.82) is 0 Å². The number of aromatic nitrogens is 1. The lowest BCUT2D eigenvalue weighted by molar-refractivity contribution is 0.0695. The summed E-state index contributed by atoms with van der Waals surface area (Å²) in [5, 5.41) is 14.6. The number of hydrogen-bond acceptors (Lipinski definition) is 10. The van der Waals surface area contributed by atoms with Gasteiger partial charge in [0.05, 0.1) is 17.6 Å². The molecule has 33 heavy (non-hydrogen) atoms. The largest absolute Gasteiger partial charge is 0.492 e. The first kappa shape index (κ1) is 22.9. The Morgan fingerprint density at radius 3 is 2.76 bits per heavy atom. The highest BCUT2D eigenvalue weighted by molar-refractivity contribution is 7.93. The van der Waals surface area contributed by atoms with Crippen molar-refractivity contribution in [2.24, 2.45) is 0 Å². The number of nitrogens with one attached hydrogen (secondary N) is 1. The van der Waals surface area contributed by atoms with E-state index in [4.69, 9.17) is 30.3 Å². The molecule has 4 rings (SSSR count). The van der Waals surface area contributed by atoms with Crippen LogP contribution < -0.4 is 18.9 Å². The van der Waals surface area contributed by atoms with E-state index in [1.165, 1.54) is 31.5 Å². The van der Waals surface area contributed by atoms with Gasteiger partial charge in [-0.1, -0.05) is 16.8 Å². The Morgan fingerprint density at radius 2 is 2.12 bits per heavy atom. The number of carbonyl (C=O) groups excluding carboxylic acids is 1. The highest BCUT2D eigenvalue weighted by Gasteiger charge is 2.32. The molecule has 2 N–H and O–H groups in total. The van der Waals surface area contributed by atoms with Crippen LogP contribution in [0.5, 0.6) is 17.2 Å². The first-order chi connectivity index (χ1) is 15.6. The number of ether oxygens (including phenoxy) is 3. The van der Waals surface area contributed by atoms with Gasteiger partial charge in [0.15, 0.2) is 17.3 Å². The lowest BCUT2D eigenvalue weighted by atomic mass is 9.99. The van der Waals surface area contributed by atoms with Crippen LogP contribution in [0.15, 0.2) is 26.9 Å². The van der Waals surface area contributed by atoms with E-state index in [-0.39, 0.29) is 61.5 Å². The molecule has 0 amide bonds. The molecule has 0 fully saturated rings. The first-order valence-electron chi connectivity index (χ1n) is 9.12. The summed E-state index contributed by atoms with van der Waals surface area (Å²) in [5.41, 5.74) is 0.0809. The molecular formula is C19H15ClN2O9S2. The molecule has 0 saturated heterocycles. The maximum Gasteiger partial charge on any atom is 0.336 e. The lowest BCUT2D eigenvalue weighted by Gasteiger charge is -2.14. The van der Waals surface area contributed by atoms with E-state index in [0.29, 0.717) is 0 Å². The standard InChI is InChI=1S/C19H15ClN2O9S2/c1-8-14(20)18(31-21-8)22-33(26,27)13-3-4-32-17(13)11(23)5-9-10(19(24)25)6-12-16(15(9)28-2)30-7-29-12/h3-4,6,22H,5,7H2,1-2H3,(H,24,25).